The van der Waals surface area contributed by atoms with Crippen molar-refractivity contribution in [3.63, 3.8) is 0 Å². The number of ether oxygens (including phenoxy) is 1. The Kier molecular flexibility index (Phi) is 6.84. The molecule has 28 heavy (non-hydrogen) atoms. The van der Waals surface area contributed by atoms with Crippen LogP contribution in [0.3, 0.4) is 0 Å². The van der Waals surface area contributed by atoms with E-state index in [1.54, 1.807) is 24.1 Å². The van der Waals surface area contributed by atoms with E-state index in [0.29, 0.717) is 51.4 Å². The summed E-state index contributed by atoms with van der Waals surface area (Å²) < 4.78 is 4.96. The topological polar surface area (TPSA) is 82.1 Å². The number of phenolic OH excluding ortho intramolecular Hbond substituents is 1. The third-order valence-electron chi connectivity index (χ3n) is 4.97. The zero-order chi connectivity index (χ0) is 19.9. The van der Waals surface area contributed by atoms with Crippen LogP contribution in [0.4, 0.5) is 0 Å². The highest BCUT2D eigenvalue weighted by Crippen LogP contribution is 2.26. The number of rotatable bonds is 7. The van der Waals surface area contributed by atoms with Crippen molar-refractivity contribution >= 4 is 22.6 Å². The molecule has 0 unspecified atom stereocenters. The predicted octanol–water partition coefficient (Wildman–Crippen LogP) is 1.46. The van der Waals surface area contributed by atoms with Gasteiger partial charge in [-0.3, -0.25) is 14.5 Å². The van der Waals surface area contributed by atoms with Crippen LogP contribution >= 0.6 is 0 Å². The molecule has 1 saturated heterocycles. The van der Waals surface area contributed by atoms with Gasteiger partial charge in [0.05, 0.1) is 12.1 Å². The molecule has 2 aromatic rings. The van der Waals surface area contributed by atoms with Crippen molar-refractivity contribution in [2.45, 2.75) is 6.42 Å². The van der Waals surface area contributed by atoms with Crippen molar-refractivity contribution in [3.8, 4) is 5.75 Å². The number of fused-ring (bicyclic) bond motifs is 1. The zero-order valence-corrected chi connectivity index (χ0v) is 16.2. The predicted molar refractivity (Wildman–Crippen MR) is 107 cm³/mol. The van der Waals surface area contributed by atoms with E-state index in [1.165, 1.54) is 0 Å². The molecule has 0 radical (unpaired) electrons. The van der Waals surface area contributed by atoms with Crippen LogP contribution in [0.25, 0.3) is 10.8 Å². The number of piperazine rings is 1. The third kappa shape index (κ3) is 4.99. The minimum atomic E-state index is -0.174. The third-order valence-corrected chi connectivity index (χ3v) is 4.97. The summed E-state index contributed by atoms with van der Waals surface area (Å²) in [5.41, 5.74) is 0.322. The molecular formula is C21H27N3O4. The van der Waals surface area contributed by atoms with Gasteiger partial charge in [0.1, 0.15) is 5.75 Å². The summed E-state index contributed by atoms with van der Waals surface area (Å²) in [4.78, 5) is 28.6. The van der Waals surface area contributed by atoms with E-state index in [9.17, 15) is 14.7 Å². The van der Waals surface area contributed by atoms with Crippen molar-refractivity contribution in [1.29, 1.82) is 0 Å². The summed E-state index contributed by atoms with van der Waals surface area (Å²) in [6.07, 6.45) is 0.791. The number of amides is 2. The fraction of sp³-hybridized carbons (Fsp3) is 0.429. The van der Waals surface area contributed by atoms with Crippen LogP contribution in [0.15, 0.2) is 36.4 Å². The Hall–Kier alpha value is -2.64. The van der Waals surface area contributed by atoms with E-state index in [2.05, 4.69) is 5.32 Å². The lowest BCUT2D eigenvalue weighted by atomic mass is 10.0. The van der Waals surface area contributed by atoms with E-state index in [1.807, 2.05) is 29.2 Å². The second kappa shape index (κ2) is 9.52. The quantitative estimate of drug-likeness (QED) is 0.705. The van der Waals surface area contributed by atoms with Crippen LogP contribution in [0.2, 0.25) is 0 Å². The van der Waals surface area contributed by atoms with Gasteiger partial charge in [-0.1, -0.05) is 24.3 Å². The first-order chi connectivity index (χ1) is 13.6. The highest BCUT2D eigenvalue weighted by molar-refractivity contribution is 6.01. The van der Waals surface area contributed by atoms with Gasteiger partial charge >= 0.3 is 0 Å². The molecule has 7 heteroatoms. The number of aromatic hydroxyl groups is 1. The number of methoxy groups -OCH3 is 1. The molecule has 0 aromatic heterocycles. The Bertz CT molecular complexity index is 832. The van der Waals surface area contributed by atoms with Crippen LogP contribution in [-0.2, 0) is 9.53 Å². The smallest absolute Gasteiger partial charge is 0.257 e. The molecule has 2 N–H and O–H groups in total. The monoisotopic (exact) mass is 385 g/mol. The van der Waals surface area contributed by atoms with Crippen molar-refractivity contribution in [2.75, 3.05) is 53.0 Å². The van der Waals surface area contributed by atoms with Gasteiger partial charge in [-0.25, -0.2) is 0 Å². The van der Waals surface area contributed by atoms with E-state index in [-0.39, 0.29) is 17.6 Å². The second-order valence-corrected chi connectivity index (χ2v) is 6.98. The van der Waals surface area contributed by atoms with Gasteiger partial charge in [0, 0.05) is 46.4 Å². The number of phenols is 1. The molecule has 1 aliphatic rings. The molecule has 1 fully saturated rings. The highest BCUT2D eigenvalue weighted by atomic mass is 16.5. The molecule has 1 aliphatic heterocycles. The summed E-state index contributed by atoms with van der Waals surface area (Å²) >= 11 is 0. The molecule has 0 saturated carbocycles. The van der Waals surface area contributed by atoms with Gasteiger partial charge in [0.15, 0.2) is 0 Å². The number of hydrogen-bond donors (Lipinski definition) is 2. The maximum Gasteiger partial charge on any atom is 0.257 e. The lowest BCUT2D eigenvalue weighted by Crippen LogP contribution is -2.51. The molecule has 150 valence electrons. The van der Waals surface area contributed by atoms with Gasteiger partial charge in [-0.2, -0.15) is 0 Å². The fourth-order valence-electron chi connectivity index (χ4n) is 3.38. The average Bonchev–Trinajstić information content (AvgIpc) is 2.71. The normalized spacial score (nSPS) is 15.0. The van der Waals surface area contributed by atoms with Crippen molar-refractivity contribution in [1.82, 2.24) is 15.1 Å². The van der Waals surface area contributed by atoms with E-state index in [4.69, 9.17) is 4.74 Å². The first kappa shape index (κ1) is 20.1. The summed E-state index contributed by atoms with van der Waals surface area (Å²) in [5.74, 6) is -0.184. The van der Waals surface area contributed by atoms with Crippen LogP contribution in [0.1, 0.15) is 16.8 Å². The molecule has 3 rings (SSSR count). The van der Waals surface area contributed by atoms with Crippen molar-refractivity contribution < 1.29 is 19.4 Å². The second-order valence-electron chi connectivity index (χ2n) is 6.98. The summed E-state index contributed by atoms with van der Waals surface area (Å²) in [5, 5.41) is 15.0. The Balaban J connectivity index is 1.53. The summed E-state index contributed by atoms with van der Waals surface area (Å²) in [6, 6.07) is 11.0. The maximum absolute atomic E-state index is 12.9. The molecule has 7 nitrogen and oxygen atoms in total. The van der Waals surface area contributed by atoms with Gasteiger partial charge in [0.2, 0.25) is 5.91 Å². The molecule has 2 amide bonds. The van der Waals surface area contributed by atoms with Crippen molar-refractivity contribution in [3.05, 3.63) is 42.0 Å². The van der Waals surface area contributed by atoms with Gasteiger partial charge in [-0.15, -0.1) is 0 Å². The number of carbonyl (C=O) groups excluding carboxylic acids is 2. The van der Waals surface area contributed by atoms with Gasteiger partial charge in [0.25, 0.3) is 5.91 Å². The minimum Gasteiger partial charge on any atom is -0.507 e. The van der Waals surface area contributed by atoms with Crippen LogP contribution in [0, 0.1) is 0 Å². The molecule has 0 spiro atoms. The Labute approximate surface area is 164 Å². The van der Waals surface area contributed by atoms with E-state index >= 15 is 0 Å². The first-order valence-corrected chi connectivity index (χ1v) is 9.57. The molecule has 0 atom stereocenters. The number of hydrogen-bond acceptors (Lipinski definition) is 5. The van der Waals surface area contributed by atoms with Crippen LogP contribution in [-0.4, -0.2) is 79.7 Å². The molecular weight excluding hydrogens is 358 g/mol. The number of carbonyl (C=O) groups is 2. The van der Waals surface area contributed by atoms with E-state index in [0.717, 1.165) is 17.2 Å². The molecule has 2 aromatic carbocycles. The lowest BCUT2D eigenvalue weighted by Gasteiger charge is -2.34. The van der Waals surface area contributed by atoms with Crippen LogP contribution in [0.5, 0.6) is 5.75 Å². The first-order valence-electron chi connectivity index (χ1n) is 9.57. The fourth-order valence-corrected chi connectivity index (χ4v) is 3.38. The molecule has 1 heterocycles. The SMILES string of the molecule is COCCCNC(=O)CN1CCN(C(=O)c2cc3ccccc3cc2O)CC1. The zero-order valence-electron chi connectivity index (χ0n) is 16.2. The number of nitrogens with one attached hydrogen (secondary N) is 1. The minimum absolute atomic E-state index is 0.00145. The highest BCUT2D eigenvalue weighted by Gasteiger charge is 2.25. The largest absolute Gasteiger partial charge is 0.507 e. The Morgan fingerprint density at radius 1 is 1.11 bits per heavy atom. The molecule has 0 aliphatic carbocycles. The lowest BCUT2D eigenvalue weighted by molar-refractivity contribution is -0.122. The average molecular weight is 385 g/mol. The maximum atomic E-state index is 12.9. The summed E-state index contributed by atoms with van der Waals surface area (Å²) in [6.45, 7) is 3.88. The Morgan fingerprint density at radius 2 is 1.79 bits per heavy atom. The standard InChI is InChI=1S/C21H27N3O4/c1-28-12-4-7-22-20(26)15-23-8-10-24(11-9-23)21(27)18-13-16-5-2-3-6-17(16)14-19(18)25/h2-3,5-6,13-14,25H,4,7-12,15H2,1H3,(H,22,26). The molecule has 0 bridgehead atoms. The van der Waals surface area contributed by atoms with Crippen molar-refractivity contribution in [2.24, 2.45) is 0 Å². The summed E-state index contributed by atoms with van der Waals surface area (Å²) in [7, 11) is 1.64. The number of benzene rings is 2. The Morgan fingerprint density at radius 3 is 2.46 bits per heavy atom. The van der Waals surface area contributed by atoms with E-state index < -0.39 is 0 Å². The van der Waals surface area contributed by atoms with Gasteiger partial charge < -0.3 is 20.1 Å². The van der Waals surface area contributed by atoms with Gasteiger partial charge in [-0.05, 0) is 29.3 Å². The van der Waals surface area contributed by atoms with Crippen LogP contribution < -0.4 is 5.32 Å². The number of nitrogens with zero attached hydrogens (tertiary/aromatic N) is 2.